The van der Waals surface area contributed by atoms with Gasteiger partial charge >= 0.3 is 0 Å². The third kappa shape index (κ3) is 11.2. The van der Waals surface area contributed by atoms with Crippen molar-refractivity contribution in [2.75, 3.05) is 13.1 Å². The van der Waals surface area contributed by atoms with Crippen molar-refractivity contribution in [3.05, 3.63) is 105 Å². The number of rotatable bonds is 14. The molecule has 0 atom stereocenters. The summed E-state index contributed by atoms with van der Waals surface area (Å²) in [5.74, 6) is -0.842. The van der Waals surface area contributed by atoms with Gasteiger partial charge in [-0.15, -0.1) is 0 Å². The Morgan fingerprint density at radius 2 is 1.00 bits per heavy atom. The lowest BCUT2D eigenvalue weighted by atomic mass is 10.1. The second kappa shape index (κ2) is 18.7. The van der Waals surface area contributed by atoms with Crippen molar-refractivity contribution in [3.63, 3.8) is 0 Å². The molecule has 2 amide bonds. The number of aromatic hydroxyl groups is 3. The van der Waals surface area contributed by atoms with E-state index in [0.29, 0.717) is 41.9 Å². The van der Waals surface area contributed by atoms with E-state index in [1.54, 1.807) is 54.6 Å². The highest BCUT2D eigenvalue weighted by atomic mass is 79.9. The molecule has 0 unspecified atom stereocenters. The van der Waals surface area contributed by atoms with Crippen LogP contribution in [0.2, 0.25) is 0 Å². The molecule has 268 valence electrons. The number of amides is 2. The van der Waals surface area contributed by atoms with Crippen molar-refractivity contribution in [1.29, 1.82) is 0 Å². The molecule has 0 aromatic heterocycles. The molecule has 0 spiro atoms. The van der Waals surface area contributed by atoms with Crippen LogP contribution >= 0.6 is 79.6 Å². The smallest absolute Gasteiger partial charge is 0.269 e. The summed E-state index contributed by atoms with van der Waals surface area (Å²) in [5.41, 5.74) is 2.54. The number of phenols is 3. The maximum absolute atomic E-state index is 12.8. The van der Waals surface area contributed by atoms with E-state index in [9.17, 15) is 35.3 Å². The number of carbonyl (C=O) groups excluding carboxylic acids is 2. The van der Waals surface area contributed by atoms with Crippen LogP contribution < -0.4 is 15.4 Å². The molecule has 4 rings (SSSR count). The molecule has 4 aromatic carbocycles. The van der Waals surface area contributed by atoms with Gasteiger partial charge in [-0.3, -0.25) is 9.59 Å². The van der Waals surface area contributed by atoms with Crippen LogP contribution in [0, 0.1) is 0 Å². The zero-order valence-electron chi connectivity index (χ0n) is 26.3. The quantitative estimate of drug-likeness (QED) is 0.0377. The number of carbonyl (C=O) groups is 2. The largest absolute Gasteiger partial charge is 0.507 e. The zero-order chi connectivity index (χ0) is 37.2. The Balaban J connectivity index is 1.39. The normalized spacial score (nSPS) is 11.7. The van der Waals surface area contributed by atoms with E-state index in [2.05, 4.69) is 101 Å². The number of hydrogen-bond acceptors (Lipinski definition) is 10. The van der Waals surface area contributed by atoms with Gasteiger partial charge < -0.3 is 41.1 Å². The summed E-state index contributed by atoms with van der Waals surface area (Å²) in [4.78, 5) is 25.5. The fraction of sp³-hybridized carbons (Fsp3) is 0.176. The molecule has 0 radical (unpaired) electrons. The van der Waals surface area contributed by atoms with Gasteiger partial charge in [0.15, 0.2) is 17.2 Å². The molecule has 17 heteroatoms. The van der Waals surface area contributed by atoms with Crippen molar-refractivity contribution in [3.8, 4) is 28.7 Å². The molecule has 0 saturated heterocycles. The fourth-order valence-corrected chi connectivity index (χ4v) is 7.48. The number of hydrogen-bond donors (Lipinski definition) is 7. The first-order chi connectivity index (χ1) is 24.3. The lowest BCUT2D eigenvalue weighted by Crippen LogP contribution is -2.33. The number of phenolic OH excluding ortho intramolecular Hbond substituents is 3. The van der Waals surface area contributed by atoms with Crippen LogP contribution in [0.4, 0.5) is 0 Å². The number of nitrogens with zero attached hydrogens (tertiary/aromatic N) is 2. The third-order valence-electron chi connectivity index (χ3n) is 7.29. The standard InChI is InChI=1S/C34H29Br5N4O8/c35-21-9-17(1-3-28(21)44)5-7-40-33(47)26(42-49)14-19-12-24(38)32(25(39)13-19)51-30-16-20(11-23(37)31(30)46)15-27(43-50)34(48)41-8-6-18-2-4-29(45)22(36)10-18/h1-4,9-13,16,44-46,49-50H,5-8,14-15H2,(H,40,47)(H,41,48). The molecule has 0 aliphatic rings. The first kappa shape index (κ1) is 40.1. The van der Waals surface area contributed by atoms with E-state index in [0.717, 1.165) is 11.1 Å². The van der Waals surface area contributed by atoms with Crippen LogP contribution in [-0.4, -0.2) is 62.1 Å². The first-order valence-corrected chi connectivity index (χ1v) is 18.9. The van der Waals surface area contributed by atoms with E-state index >= 15 is 0 Å². The number of halogens is 5. The average molecular weight is 1020 g/mol. The van der Waals surface area contributed by atoms with Crippen LogP contribution in [0.15, 0.2) is 93.3 Å². The maximum Gasteiger partial charge on any atom is 0.269 e. The lowest BCUT2D eigenvalue weighted by Gasteiger charge is -2.15. The Morgan fingerprint density at radius 1 is 0.588 bits per heavy atom. The third-order valence-corrected chi connectivity index (χ3v) is 10.3. The van der Waals surface area contributed by atoms with E-state index in [4.69, 9.17) is 4.74 Å². The molecule has 0 aliphatic heterocycles. The predicted octanol–water partition coefficient (Wildman–Crippen LogP) is 7.87. The van der Waals surface area contributed by atoms with Crippen LogP contribution in [0.25, 0.3) is 0 Å². The van der Waals surface area contributed by atoms with Gasteiger partial charge in [-0.25, -0.2) is 0 Å². The molecule has 0 heterocycles. The summed E-state index contributed by atoms with van der Waals surface area (Å²) < 4.78 is 8.30. The summed E-state index contributed by atoms with van der Waals surface area (Å²) >= 11 is 16.8. The Morgan fingerprint density at radius 3 is 1.43 bits per heavy atom. The zero-order valence-corrected chi connectivity index (χ0v) is 34.2. The lowest BCUT2D eigenvalue weighted by molar-refractivity contribution is -0.115. The predicted molar refractivity (Wildman–Crippen MR) is 209 cm³/mol. The van der Waals surface area contributed by atoms with Crippen LogP contribution in [0.5, 0.6) is 28.7 Å². The summed E-state index contributed by atoms with van der Waals surface area (Å²) in [6.45, 7) is 0.513. The Hall–Kier alpha value is -3.64. The molecular formula is C34H29Br5N4O8. The monoisotopic (exact) mass is 1020 g/mol. The molecule has 4 aromatic rings. The van der Waals surface area contributed by atoms with E-state index in [1.807, 2.05) is 0 Å². The molecule has 12 nitrogen and oxygen atoms in total. The molecule has 0 fully saturated rings. The highest BCUT2D eigenvalue weighted by Crippen LogP contribution is 2.43. The van der Waals surface area contributed by atoms with Crippen LogP contribution in [0.1, 0.15) is 22.3 Å². The minimum absolute atomic E-state index is 0.0192. The van der Waals surface area contributed by atoms with Gasteiger partial charge in [0.25, 0.3) is 11.8 Å². The van der Waals surface area contributed by atoms with Gasteiger partial charge in [-0.05, 0) is 163 Å². The van der Waals surface area contributed by atoms with Gasteiger partial charge in [0.2, 0.25) is 0 Å². The molecule has 0 bridgehead atoms. The number of benzene rings is 4. The SMILES string of the molecule is O=C(NCCc1ccc(O)c(Br)c1)C(Cc1cc(Br)c(Oc2cc(CC(=NO)C(=O)NCCc3ccc(O)c(Br)c3)cc(Br)c2O)c(Br)c1)=NO. The molecule has 0 aliphatic carbocycles. The summed E-state index contributed by atoms with van der Waals surface area (Å²) in [6, 6.07) is 16.4. The highest BCUT2D eigenvalue weighted by Gasteiger charge is 2.20. The van der Waals surface area contributed by atoms with Gasteiger partial charge in [-0.2, -0.15) is 0 Å². The molecular weight excluding hydrogens is 992 g/mol. The number of nitrogens with one attached hydrogen (secondary N) is 2. The van der Waals surface area contributed by atoms with Crippen LogP contribution in [0.3, 0.4) is 0 Å². The van der Waals surface area contributed by atoms with E-state index in [1.165, 1.54) is 6.07 Å². The summed E-state index contributed by atoms with van der Waals surface area (Å²) in [6.07, 6.45) is 0.838. The molecule has 0 saturated carbocycles. The number of oxime groups is 2. The van der Waals surface area contributed by atoms with Crippen molar-refractivity contribution in [2.24, 2.45) is 10.3 Å². The summed E-state index contributed by atoms with van der Waals surface area (Å²) in [5, 5.41) is 61.1. The van der Waals surface area contributed by atoms with E-state index in [-0.39, 0.29) is 70.6 Å². The van der Waals surface area contributed by atoms with Crippen LogP contribution in [-0.2, 0) is 35.3 Å². The van der Waals surface area contributed by atoms with Gasteiger partial charge in [0.05, 0.1) is 22.4 Å². The molecule has 51 heavy (non-hydrogen) atoms. The highest BCUT2D eigenvalue weighted by molar-refractivity contribution is 9.11. The summed E-state index contributed by atoms with van der Waals surface area (Å²) in [7, 11) is 0. The Kier molecular flexibility index (Phi) is 14.7. The van der Waals surface area contributed by atoms with Crippen molar-refractivity contribution >= 4 is 103 Å². The second-order valence-electron chi connectivity index (χ2n) is 10.9. The maximum atomic E-state index is 12.8. The van der Waals surface area contributed by atoms with E-state index < -0.39 is 11.8 Å². The van der Waals surface area contributed by atoms with Gasteiger partial charge in [-0.1, -0.05) is 22.4 Å². The number of ether oxygens (including phenoxy) is 1. The Labute approximate surface area is 334 Å². The minimum Gasteiger partial charge on any atom is -0.507 e. The van der Waals surface area contributed by atoms with Crippen molar-refractivity contribution in [1.82, 2.24) is 10.6 Å². The second-order valence-corrected chi connectivity index (χ2v) is 15.2. The average Bonchev–Trinajstić information content (AvgIpc) is 3.09. The van der Waals surface area contributed by atoms with Crippen molar-refractivity contribution in [2.45, 2.75) is 25.7 Å². The fourth-order valence-electron chi connectivity index (χ4n) is 4.69. The van der Waals surface area contributed by atoms with Gasteiger partial charge in [0, 0.05) is 25.9 Å². The minimum atomic E-state index is -0.590. The topological polar surface area (TPSA) is 193 Å². The van der Waals surface area contributed by atoms with Crippen molar-refractivity contribution < 1.29 is 40.1 Å². The molecule has 7 N–H and O–H groups in total. The first-order valence-electron chi connectivity index (χ1n) is 14.9. The van der Waals surface area contributed by atoms with Gasteiger partial charge in [0.1, 0.15) is 22.9 Å². The Bertz CT molecular complexity index is 1980.